The molecule has 0 aromatic heterocycles. The molecule has 0 saturated carbocycles. The van der Waals surface area contributed by atoms with E-state index in [0.29, 0.717) is 13.1 Å². The molecule has 1 aromatic rings. The topological polar surface area (TPSA) is 49.4 Å². The molecular formula is C14H18N2O2S2. The first-order chi connectivity index (χ1) is 9.65. The molecule has 1 saturated heterocycles. The summed E-state index contributed by atoms with van der Waals surface area (Å²) < 4.78 is 0. The SMILES string of the molecule is Cc1ccc(SCCNC(=O)CN2CCSC2=O)cc1. The van der Waals surface area contributed by atoms with Crippen LogP contribution in [0.25, 0.3) is 0 Å². The third kappa shape index (κ3) is 4.76. The van der Waals surface area contributed by atoms with Crippen molar-refractivity contribution in [2.24, 2.45) is 0 Å². The second-order valence-corrected chi connectivity index (χ2v) is 6.76. The maximum absolute atomic E-state index is 11.7. The Labute approximate surface area is 127 Å². The Balaban J connectivity index is 1.62. The van der Waals surface area contributed by atoms with Crippen LogP contribution < -0.4 is 5.32 Å². The van der Waals surface area contributed by atoms with Crippen molar-refractivity contribution in [2.75, 3.05) is 31.1 Å². The highest BCUT2D eigenvalue weighted by molar-refractivity contribution is 8.13. The maximum atomic E-state index is 11.7. The molecule has 1 fully saturated rings. The number of carbonyl (C=O) groups is 2. The minimum absolute atomic E-state index is 0.00850. The molecule has 0 bridgehead atoms. The van der Waals surface area contributed by atoms with E-state index in [1.165, 1.54) is 22.2 Å². The molecular weight excluding hydrogens is 292 g/mol. The minimum Gasteiger partial charge on any atom is -0.354 e. The molecule has 1 aliphatic rings. The van der Waals surface area contributed by atoms with E-state index in [9.17, 15) is 9.59 Å². The number of nitrogens with one attached hydrogen (secondary N) is 1. The van der Waals surface area contributed by atoms with Crippen LogP contribution >= 0.6 is 23.5 Å². The molecule has 108 valence electrons. The molecule has 1 aromatic carbocycles. The first-order valence-electron chi connectivity index (χ1n) is 6.53. The zero-order valence-corrected chi connectivity index (χ0v) is 13.1. The van der Waals surface area contributed by atoms with Crippen molar-refractivity contribution in [3.05, 3.63) is 29.8 Å². The number of amides is 2. The number of rotatable bonds is 6. The van der Waals surface area contributed by atoms with Gasteiger partial charge in [-0.1, -0.05) is 29.5 Å². The summed E-state index contributed by atoms with van der Waals surface area (Å²) in [5, 5.41) is 2.86. The zero-order valence-electron chi connectivity index (χ0n) is 11.4. The fourth-order valence-electron chi connectivity index (χ4n) is 1.79. The van der Waals surface area contributed by atoms with Gasteiger partial charge in [0, 0.05) is 29.5 Å². The number of hydrogen-bond donors (Lipinski definition) is 1. The average molecular weight is 310 g/mol. The molecule has 6 heteroatoms. The molecule has 0 spiro atoms. The van der Waals surface area contributed by atoms with E-state index in [0.717, 1.165) is 11.5 Å². The minimum atomic E-state index is -0.0784. The number of nitrogens with zero attached hydrogens (tertiary/aromatic N) is 1. The molecule has 4 nitrogen and oxygen atoms in total. The van der Waals surface area contributed by atoms with E-state index in [-0.39, 0.29) is 17.7 Å². The average Bonchev–Trinajstić information content (AvgIpc) is 2.82. The van der Waals surface area contributed by atoms with Crippen LogP contribution in [0.15, 0.2) is 29.2 Å². The molecule has 20 heavy (non-hydrogen) atoms. The van der Waals surface area contributed by atoms with Crippen molar-refractivity contribution in [3.8, 4) is 0 Å². The monoisotopic (exact) mass is 310 g/mol. The highest BCUT2D eigenvalue weighted by atomic mass is 32.2. The van der Waals surface area contributed by atoms with Gasteiger partial charge in [0.25, 0.3) is 5.24 Å². The predicted octanol–water partition coefficient (Wildman–Crippen LogP) is 2.37. The van der Waals surface area contributed by atoms with Gasteiger partial charge >= 0.3 is 0 Å². The lowest BCUT2D eigenvalue weighted by Crippen LogP contribution is -2.38. The molecule has 1 heterocycles. The Bertz CT molecular complexity index is 477. The predicted molar refractivity (Wildman–Crippen MR) is 84.3 cm³/mol. The number of thioether (sulfide) groups is 2. The van der Waals surface area contributed by atoms with Crippen molar-refractivity contribution in [1.29, 1.82) is 0 Å². The van der Waals surface area contributed by atoms with E-state index in [4.69, 9.17) is 0 Å². The van der Waals surface area contributed by atoms with Crippen LogP contribution in [0.4, 0.5) is 4.79 Å². The Hall–Kier alpha value is -1.14. The third-order valence-electron chi connectivity index (χ3n) is 2.89. The molecule has 0 unspecified atom stereocenters. The summed E-state index contributed by atoms with van der Waals surface area (Å²) in [6, 6.07) is 8.33. The van der Waals surface area contributed by atoms with Gasteiger partial charge in [-0.05, 0) is 19.1 Å². The van der Waals surface area contributed by atoms with Crippen LogP contribution in [0.2, 0.25) is 0 Å². The number of hydrogen-bond acceptors (Lipinski definition) is 4. The van der Waals surface area contributed by atoms with Crippen LogP contribution in [-0.4, -0.2) is 47.2 Å². The third-order valence-corrected chi connectivity index (χ3v) is 4.80. The Kier molecular flexibility index (Phi) is 5.79. The van der Waals surface area contributed by atoms with Crippen LogP contribution in [0, 0.1) is 6.92 Å². The highest BCUT2D eigenvalue weighted by Gasteiger charge is 2.22. The molecule has 0 radical (unpaired) electrons. The summed E-state index contributed by atoms with van der Waals surface area (Å²) in [4.78, 5) is 25.8. The Morgan fingerprint density at radius 2 is 2.15 bits per heavy atom. The van der Waals surface area contributed by atoms with Crippen molar-refractivity contribution < 1.29 is 9.59 Å². The van der Waals surface area contributed by atoms with E-state index in [1.807, 2.05) is 0 Å². The van der Waals surface area contributed by atoms with Gasteiger partial charge in [0.2, 0.25) is 5.91 Å². The standard InChI is InChI=1S/C14H18N2O2S2/c1-11-2-4-12(5-3-11)19-8-6-15-13(17)10-16-7-9-20-14(16)18/h2-5H,6-10H2,1H3,(H,15,17). The number of aryl methyl sites for hydroxylation is 1. The summed E-state index contributed by atoms with van der Waals surface area (Å²) in [7, 11) is 0. The van der Waals surface area contributed by atoms with Crippen molar-refractivity contribution in [1.82, 2.24) is 10.2 Å². The first-order valence-corrected chi connectivity index (χ1v) is 8.50. The molecule has 1 N–H and O–H groups in total. The number of benzene rings is 1. The fourth-order valence-corrected chi connectivity index (χ4v) is 3.39. The first kappa shape index (κ1) is 15.3. The van der Waals surface area contributed by atoms with Gasteiger partial charge in [0.15, 0.2) is 0 Å². The quantitative estimate of drug-likeness (QED) is 0.647. The van der Waals surface area contributed by atoms with Gasteiger partial charge in [-0.2, -0.15) is 0 Å². The van der Waals surface area contributed by atoms with Crippen molar-refractivity contribution >= 4 is 34.7 Å². The second kappa shape index (κ2) is 7.59. The summed E-state index contributed by atoms with van der Waals surface area (Å²) >= 11 is 2.99. The van der Waals surface area contributed by atoms with Crippen LogP contribution in [0.1, 0.15) is 5.56 Å². The summed E-state index contributed by atoms with van der Waals surface area (Å²) in [5.74, 6) is 1.54. The lowest BCUT2D eigenvalue weighted by Gasteiger charge is -2.13. The normalized spacial score (nSPS) is 14.7. The van der Waals surface area contributed by atoms with Gasteiger partial charge in [0.05, 0.1) is 0 Å². The van der Waals surface area contributed by atoms with Gasteiger partial charge < -0.3 is 10.2 Å². The van der Waals surface area contributed by atoms with Crippen LogP contribution in [-0.2, 0) is 4.79 Å². The van der Waals surface area contributed by atoms with Crippen molar-refractivity contribution in [3.63, 3.8) is 0 Å². The zero-order chi connectivity index (χ0) is 14.4. The molecule has 1 aliphatic heterocycles. The summed E-state index contributed by atoms with van der Waals surface area (Å²) in [6.07, 6.45) is 0. The number of carbonyl (C=O) groups excluding carboxylic acids is 2. The fraction of sp³-hybridized carbons (Fsp3) is 0.429. The summed E-state index contributed by atoms with van der Waals surface area (Å²) in [6.45, 7) is 3.54. The van der Waals surface area contributed by atoms with Crippen LogP contribution in [0.3, 0.4) is 0 Å². The lowest BCUT2D eigenvalue weighted by molar-refractivity contribution is -0.121. The van der Waals surface area contributed by atoms with Gasteiger partial charge in [-0.25, -0.2) is 0 Å². The van der Waals surface area contributed by atoms with E-state index < -0.39 is 0 Å². The molecule has 0 aliphatic carbocycles. The van der Waals surface area contributed by atoms with E-state index in [2.05, 4.69) is 36.5 Å². The Morgan fingerprint density at radius 1 is 1.40 bits per heavy atom. The lowest BCUT2D eigenvalue weighted by atomic mass is 10.2. The van der Waals surface area contributed by atoms with Gasteiger partial charge in [-0.15, -0.1) is 11.8 Å². The van der Waals surface area contributed by atoms with E-state index >= 15 is 0 Å². The highest BCUT2D eigenvalue weighted by Crippen LogP contribution is 2.18. The molecule has 2 amide bonds. The van der Waals surface area contributed by atoms with Gasteiger partial charge in [-0.3, -0.25) is 9.59 Å². The smallest absolute Gasteiger partial charge is 0.282 e. The second-order valence-electron chi connectivity index (χ2n) is 4.55. The summed E-state index contributed by atoms with van der Waals surface area (Å²) in [5.41, 5.74) is 1.25. The van der Waals surface area contributed by atoms with Crippen molar-refractivity contribution in [2.45, 2.75) is 11.8 Å². The molecule has 0 atom stereocenters. The molecule has 2 rings (SSSR count). The largest absolute Gasteiger partial charge is 0.354 e. The van der Waals surface area contributed by atoms with E-state index in [1.54, 1.807) is 16.7 Å². The van der Waals surface area contributed by atoms with Crippen LogP contribution in [0.5, 0.6) is 0 Å². The van der Waals surface area contributed by atoms with Gasteiger partial charge in [0.1, 0.15) is 6.54 Å². The Morgan fingerprint density at radius 3 is 2.80 bits per heavy atom. The maximum Gasteiger partial charge on any atom is 0.282 e.